The van der Waals surface area contributed by atoms with E-state index >= 15 is 0 Å². The zero-order valence-corrected chi connectivity index (χ0v) is 20.0. The van der Waals surface area contributed by atoms with Crippen molar-refractivity contribution in [3.05, 3.63) is 48.3 Å². The molecule has 2 rings (SSSR count). The summed E-state index contributed by atoms with van der Waals surface area (Å²) in [6.07, 6.45) is 2.07. The van der Waals surface area contributed by atoms with Crippen molar-refractivity contribution in [2.75, 3.05) is 33.5 Å². The Kier molecular flexibility index (Phi) is 10.7. The van der Waals surface area contributed by atoms with E-state index in [9.17, 15) is 0 Å². The number of nitrogens with zero attached hydrogens (tertiary/aromatic N) is 3. The molecule has 150 valence electrons. The molecule has 0 amide bonds. The zero-order valence-electron chi connectivity index (χ0n) is 16.8. The summed E-state index contributed by atoms with van der Waals surface area (Å²) in [4.78, 5) is 7.75. The summed E-state index contributed by atoms with van der Waals surface area (Å²) >= 11 is 1.83. The third-order valence-corrected chi connectivity index (χ3v) is 5.61. The molecular formula is C20H31IN4OS. The Hall–Kier alpha value is -1.35. The van der Waals surface area contributed by atoms with Gasteiger partial charge in [-0.3, -0.25) is 4.99 Å². The van der Waals surface area contributed by atoms with Gasteiger partial charge in [-0.25, -0.2) is 0 Å². The number of thioether (sulfide) groups is 1. The fourth-order valence-electron chi connectivity index (χ4n) is 2.66. The zero-order chi connectivity index (χ0) is 18.9. The first-order chi connectivity index (χ1) is 12.5. The Morgan fingerprint density at radius 3 is 2.67 bits per heavy atom. The average Bonchev–Trinajstić information content (AvgIpc) is 3.05. The Morgan fingerprint density at radius 1 is 1.30 bits per heavy atom. The van der Waals surface area contributed by atoms with Gasteiger partial charge in [-0.1, -0.05) is 19.1 Å². The Labute approximate surface area is 184 Å². The topological polar surface area (TPSA) is 41.8 Å². The van der Waals surface area contributed by atoms with Gasteiger partial charge in [0.15, 0.2) is 5.96 Å². The summed E-state index contributed by atoms with van der Waals surface area (Å²) in [5.74, 6) is 3.38. The SMILES string of the molecule is CN=C(NCC(C)CSc1ccccc1OC)N(C)Cc1cccn1C.I. The molecule has 0 fully saturated rings. The molecule has 7 heteroatoms. The minimum Gasteiger partial charge on any atom is -0.496 e. The maximum absolute atomic E-state index is 5.42. The molecule has 0 saturated heterocycles. The van der Waals surface area contributed by atoms with Crippen molar-refractivity contribution in [1.82, 2.24) is 14.8 Å². The molecule has 0 saturated carbocycles. The smallest absolute Gasteiger partial charge is 0.193 e. The Balaban J connectivity index is 0.00000364. The van der Waals surface area contributed by atoms with E-state index in [4.69, 9.17) is 4.74 Å². The monoisotopic (exact) mass is 502 g/mol. The molecule has 0 spiro atoms. The molecule has 27 heavy (non-hydrogen) atoms. The first-order valence-corrected chi connectivity index (χ1v) is 9.81. The van der Waals surface area contributed by atoms with Crippen LogP contribution in [0.1, 0.15) is 12.6 Å². The highest BCUT2D eigenvalue weighted by Crippen LogP contribution is 2.29. The number of rotatable bonds is 8. The molecule has 0 aliphatic heterocycles. The van der Waals surface area contributed by atoms with Crippen molar-refractivity contribution >= 4 is 41.7 Å². The van der Waals surface area contributed by atoms with Crippen LogP contribution in [0.5, 0.6) is 5.75 Å². The third kappa shape index (κ3) is 7.29. The van der Waals surface area contributed by atoms with E-state index in [0.717, 1.165) is 30.6 Å². The van der Waals surface area contributed by atoms with Crippen molar-refractivity contribution in [3.63, 3.8) is 0 Å². The van der Waals surface area contributed by atoms with E-state index < -0.39 is 0 Å². The van der Waals surface area contributed by atoms with Crippen molar-refractivity contribution in [3.8, 4) is 5.75 Å². The maximum atomic E-state index is 5.42. The van der Waals surface area contributed by atoms with Gasteiger partial charge < -0.3 is 19.5 Å². The first kappa shape index (κ1) is 23.7. The van der Waals surface area contributed by atoms with Crippen LogP contribution in [0.25, 0.3) is 0 Å². The van der Waals surface area contributed by atoms with Gasteiger partial charge in [0.05, 0.1) is 13.7 Å². The maximum Gasteiger partial charge on any atom is 0.193 e. The first-order valence-electron chi connectivity index (χ1n) is 8.83. The molecule has 5 nitrogen and oxygen atoms in total. The molecule has 1 aromatic heterocycles. The second-order valence-corrected chi connectivity index (χ2v) is 7.52. The number of aromatic nitrogens is 1. The fraction of sp³-hybridized carbons (Fsp3) is 0.450. The second-order valence-electron chi connectivity index (χ2n) is 6.46. The van der Waals surface area contributed by atoms with Crippen LogP contribution in [-0.4, -0.2) is 48.9 Å². The fourth-order valence-corrected chi connectivity index (χ4v) is 3.71. The molecule has 0 aliphatic rings. The van der Waals surface area contributed by atoms with Crippen molar-refractivity contribution < 1.29 is 4.74 Å². The second kappa shape index (κ2) is 12.2. The molecule has 1 heterocycles. The highest BCUT2D eigenvalue weighted by atomic mass is 127. The van der Waals surface area contributed by atoms with Gasteiger partial charge in [-0.2, -0.15) is 0 Å². The van der Waals surface area contributed by atoms with Crippen LogP contribution >= 0.6 is 35.7 Å². The summed E-state index contributed by atoms with van der Waals surface area (Å²) in [7, 11) is 7.68. The van der Waals surface area contributed by atoms with Gasteiger partial charge in [0.1, 0.15) is 5.75 Å². The highest BCUT2D eigenvalue weighted by Gasteiger charge is 2.11. The minimum absolute atomic E-state index is 0. The lowest BCUT2D eigenvalue weighted by atomic mass is 10.2. The molecular weight excluding hydrogens is 471 g/mol. The number of aryl methyl sites for hydroxylation is 1. The molecule has 0 radical (unpaired) electrons. The predicted molar refractivity (Wildman–Crippen MR) is 127 cm³/mol. The normalized spacial score (nSPS) is 12.3. The van der Waals surface area contributed by atoms with Crippen LogP contribution in [0.2, 0.25) is 0 Å². The molecule has 0 bridgehead atoms. The van der Waals surface area contributed by atoms with Crippen LogP contribution in [0.3, 0.4) is 0 Å². The largest absolute Gasteiger partial charge is 0.496 e. The summed E-state index contributed by atoms with van der Waals surface area (Å²) in [6.45, 7) is 3.96. The van der Waals surface area contributed by atoms with E-state index in [1.165, 1.54) is 10.6 Å². The molecule has 1 atom stereocenters. The van der Waals surface area contributed by atoms with Gasteiger partial charge in [0.2, 0.25) is 0 Å². The van der Waals surface area contributed by atoms with E-state index in [2.05, 4.69) is 65.2 Å². The van der Waals surface area contributed by atoms with E-state index in [0.29, 0.717) is 5.92 Å². The number of nitrogens with one attached hydrogen (secondary N) is 1. The number of hydrogen-bond acceptors (Lipinski definition) is 3. The molecule has 1 N–H and O–H groups in total. The van der Waals surface area contributed by atoms with Crippen molar-refractivity contribution in [1.29, 1.82) is 0 Å². The van der Waals surface area contributed by atoms with Gasteiger partial charge in [-0.05, 0) is 30.2 Å². The number of benzene rings is 1. The quantitative estimate of drug-likeness (QED) is 0.256. The van der Waals surface area contributed by atoms with Crippen molar-refractivity contribution in [2.45, 2.75) is 18.4 Å². The predicted octanol–water partition coefficient (Wildman–Crippen LogP) is 4.09. The molecule has 2 aromatic rings. The molecule has 1 unspecified atom stereocenters. The third-order valence-electron chi connectivity index (χ3n) is 4.22. The molecule has 1 aromatic carbocycles. The number of hydrogen-bond donors (Lipinski definition) is 1. The summed E-state index contributed by atoms with van der Waals surface area (Å²) in [6, 6.07) is 12.4. The summed E-state index contributed by atoms with van der Waals surface area (Å²) in [5, 5.41) is 3.49. The Bertz CT molecular complexity index is 720. The van der Waals surface area contributed by atoms with Gasteiger partial charge in [-0.15, -0.1) is 35.7 Å². The minimum atomic E-state index is 0. The van der Waals surface area contributed by atoms with E-state index in [1.807, 2.05) is 37.0 Å². The van der Waals surface area contributed by atoms with Crippen molar-refractivity contribution in [2.24, 2.45) is 18.0 Å². The number of halogens is 1. The van der Waals surface area contributed by atoms with Gasteiger partial charge in [0.25, 0.3) is 0 Å². The number of methoxy groups -OCH3 is 1. The number of aliphatic imine (C=N–C) groups is 1. The van der Waals surface area contributed by atoms with Crippen LogP contribution in [0.15, 0.2) is 52.5 Å². The lowest BCUT2D eigenvalue weighted by Gasteiger charge is -2.24. The lowest BCUT2D eigenvalue weighted by molar-refractivity contribution is 0.404. The van der Waals surface area contributed by atoms with Gasteiger partial charge >= 0.3 is 0 Å². The van der Waals surface area contributed by atoms with Gasteiger partial charge in [0, 0.05) is 50.2 Å². The van der Waals surface area contributed by atoms with E-state index in [-0.39, 0.29) is 24.0 Å². The van der Waals surface area contributed by atoms with Crippen LogP contribution < -0.4 is 10.1 Å². The summed E-state index contributed by atoms with van der Waals surface area (Å²) in [5.41, 5.74) is 1.26. The number of para-hydroxylation sites is 1. The van der Waals surface area contributed by atoms with Crippen LogP contribution in [-0.2, 0) is 13.6 Å². The van der Waals surface area contributed by atoms with E-state index in [1.54, 1.807) is 7.11 Å². The van der Waals surface area contributed by atoms with Crippen LogP contribution in [0, 0.1) is 5.92 Å². The van der Waals surface area contributed by atoms with Crippen LogP contribution in [0.4, 0.5) is 0 Å². The number of guanidine groups is 1. The Morgan fingerprint density at radius 2 is 2.04 bits per heavy atom. The molecule has 0 aliphatic carbocycles. The lowest BCUT2D eigenvalue weighted by Crippen LogP contribution is -2.40. The highest BCUT2D eigenvalue weighted by molar-refractivity contribution is 14.0. The average molecular weight is 502 g/mol. The summed E-state index contributed by atoms with van der Waals surface area (Å²) < 4.78 is 7.56. The standard InChI is InChI=1S/C20H30N4OS.HI/c1-16(15-26-19-11-7-6-10-18(19)25-5)13-22-20(21-2)24(4)14-17-9-8-12-23(17)3;/h6-12,16H,13-15H2,1-5H3,(H,21,22);1H. The number of ether oxygens (including phenoxy) is 1.